The molecule has 30 heavy (non-hydrogen) atoms. The van der Waals surface area contributed by atoms with E-state index < -0.39 is 15.1 Å². The van der Waals surface area contributed by atoms with E-state index in [1.165, 1.54) is 0 Å². The van der Waals surface area contributed by atoms with Crippen LogP contribution in [0.5, 0.6) is 0 Å². The van der Waals surface area contributed by atoms with Gasteiger partial charge in [-0.3, -0.25) is 4.79 Å². The summed E-state index contributed by atoms with van der Waals surface area (Å²) in [6, 6.07) is 6.64. The van der Waals surface area contributed by atoms with E-state index in [1.807, 2.05) is 0 Å². The molecule has 8 nitrogen and oxygen atoms in total. The Balaban J connectivity index is 1.60. The van der Waals surface area contributed by atoms with Gasteiger partial charge in [-0.15, -0.1) is 0 Å². The first-order chi connectivity index (χ1) is 14.4. The third-order valence-electron chi connectivity index (χ3n) is 5.45. The van der Waals surface area contributed by atoms with Crippen LogP contribution >= 0.6 is 0 Å². The summed E-state index contributed by atoms with van der Waals surface area (Å²) < 4.78 is 24.6. The second kappa shape index (κ2) is 8.16. The van der Waals surface area contributed by atoms with Crippen LogP contribution in [0.3, 0.4) is 0 Å². The first-order valence-corrected chi connectivity index (χ1v) is 11.6. The third kappa shape index (κ3) is 3.95. The van der Waals surface area contributed by atoms with Gasteiger partial charge in [-0.05, 0) is 51.9 Å². The predicted molar refractivity (Wildman–Crippen MR) is 116 cm³/mol. The van der Waals surface area contributed by atoms with Crippen molar-refractivity contribution in [2.45, 2.75) is 36.8 Å². The van der Waals surface area contributed by atoms with Crippen LogP contribution in [0.15, 0.2) is 41.6 Å². The van der Waals surface area contributed by atoms with Gasteiger partial charge in [-0.1, -0.05) is 12.1 Å². The van der Waals surface area contributed by atoms with Crippen molar-refractivity contribution in [2.24, 2.45) is 5.92 Å². The van der Waals surface area contributed by atoms with E-state index in [9.17, 15) is 13.2 Å². The Morgan fingerprint density at radius 1 is 1.17 bits per heavy atom. The molecule has 0 atom stereocenters. The highest BCUT2D eigenvalue weighted by atomic mass is 32.2. The van der Waals surface area contributed by atoms with E-state index in [-0.39, 0.29) is 16.7 Å². The number of rotatable bonds is 5. The Morgan fingerprint density at radius 2 is 1.87 bits per heavy atom. The normalized spacial score (nSPS) is 15.6. The molecule has 0 radical (unpaired) electrons. The van der Waals surface area contributed by atoms with Gasteiger partial charge in [0.25, 0.3) is 0 Å². The first kappa shape index (κ1) is 20.5. The van der Waals surface area contributed by atoms with Crippen LogP contribution in [0, 0.1) is 5.92 Å². The molecule has 0 unspecified atom stereocenters. The number of fused-ring (bicyclic) bond motifs is 1. The molecule has 0 aliphatic carbocycles. The van der Waals surface area contributed by atoms with Crippen molar-refractivity contribution in [3.05, 3.63) is 36.7 Å². The van der Waals surface area contributed by atoms with Gasteiger partial charge in [0.05, 0.1) is 27.7 Å². The van der Waals surface area contributed by atoms with Crippen LogP contribution in [0.4, 0.5) is 5.69 Å². The average molecular weight is 428 g/mol. The number of sulfone groups is 1. The van der Waals surface area contributed by atoms with Gasteiger partial charge in [-0.2, -0.15) is 0 Å². The lowest BCUT2D eigenvalue weighted by molar-refractivity contribution is -0.120. The minimum absolute atomic E-state index is 0.00662. The molecule has 1 amide bonds. The lowest BCUT2D eigenvalue weighted by Gasteiger charge is -2.21. The number of hydrogen-bond donors (Lipinski definition) is 3. The molecule has 3 aromatic rings. The molecule has 1 saturated heterocycles. The van der Waals surface area contributed by atoms with E-state index in [1.54, 1.807) is 50.5 Å². The van der Waals surface area contributed by atoms with Crippen molar-refractivity contribution in [3.63, 3.8) is 0 Å². The topological polar surface area (TPSA) is 117 Å². The lowest BCUT2D eigenvalue weighted by Crippen LogP contribution is -2.34. The van der Waals surface area contributed by atoms with Crippen LogP contribution in [0.25, 0.3) is 22.4 Å². The number of nitrogens with zero attached hydrogens (tertiary/aromatic N) is 2. The molecule has 3 heterocycles. The molecule has 1 aromatic carbocycles. The summed E-state index contributed by atoms with van der Waals surface area (Å²) in [5.74, 6) is -0.0179. The van der Waals surface area contributed by atoms with Gasteiger partial charge in [0.15, 0.2) is 15.5 Å². The van der Waals surface area contributed by atoms with Crippen LogP contribution in [-0.2, 0) is 14.6 Å². The van der Waals surface area contributed by atoms with Crippen LogP contribution in [0.2, 0.25) is 0 Å². The average Bonchev–Trinajstić information content (AvgIpc) is 3.16. The van der Waals surface area contributed by atoms with Gasteiger partial charge < -0.3 is 15.6 Å². The van der Waals surface area contributed by atoms with Crippen molar-refractivity contribution in [1.29, 1.82) is 0 Å². The molecular formula is C21H25N5O3S. The molecule has 1 fully saturated rings. The predicted octanol–water partition coefficient (Wildman–Crippen LogP) is 2.75. The Bertz CT molecular complexity index is 1160. The number of piperidine rings is 1. The van der Waals surface area contributed by atoms with Gasteiger partial charge in [0.1, 0.15) is 5.52 Å². The zero-order chi connectivity index (χ0) is 21.3. The monoisotopic (exact) mass is 427 g/mol. The maximum absolute atomic E-state index is 12.6. The Kier molecular flexibility index (Phi) is 5.57. The van der Waals surface area contributed by atoms with Crippen molar-refractivity contribution in [2.75, 3.05) is 18.4 Å². The summed E-state index contributed by atoms with van der Waals surface area (Å²) in [4.78, 5) is 25.0. The van der Waals surface area contributed by atoms with Crippen LogP contribution in [0.1, 0.15) is 26.7 Å². The Labute approximate surface area is 175 Å². The zero-order valence-corrected chi connectivity index (χ0v) is 17.8. The highest BCUT2D eigenvalue weighted by Gasteiger charge is 2.22. The summed E-state index contributed by atoms with van der Waals surface area (Å²) in [6.45, 7) is 5.01. The third-order valence-corrected chi connectivity index (χ3v) is 7.62. The smallest absolute Gasteiger partial charge is 0.227 e. The quantitative estimate of drug-likeness (QED) is 0.576. The number of hydrogen-bond acceptors (Lipinski definition) is 6. The molecule has 1 aliphatic rings. The number of benzene rings is 1. The van der Waals surface area contributed by atoms with Crippen molar-refractivity contribution in [1.82, 2.24) is 20.3 Å². The van der Waals surface area contributed by atoms with Crippen molar-refractivity contribution in [3.8, 4) is 11.3 Å². The molecular weight excluding hydrogens is 402 g/mol. The molecule has 2 aromatic heterocycles. The SMILES string of the molecule is CC(C)S(=O)(=O)c1ccc(-c2cnc3[nH]cc(NC(=O)C4CCNCC4)c3n2)cc1. The number of anilines is 1. The van der Waals surface area contributed by atoms with Crippen molar-refractivity contribution < 1.29 is 13.2 Å². The Hall–Kier alpha value is -2.78. The number of amides is 1. The first-order valence-electron chi connectivity index (χ1n) is 10.1. The van der Waals surface area contributed by atoms with E-state index in [2.05, 4.69) is 25.6 Å². The summed E-state index contributed by atoms with van der Waals surface area (Å²) in [6.07, 6.45) is 4.96. The summed E-state index contributed by atoms with van der Waals surface area (Å²) in [5.41, 5.74) is 3.12. The highest BCUT2D eigenvalue weighted by molar-refractivity contribution is 7.92. The minimum Gasteiger partial charge on any atom is -0.343 e. The van der Waals surface area contributed by atoms with E-state index in [0.717, 1.165) is 31.5 Å². The van der Waals surface area contributed by atoms with E-state index in [4.69, 9.17) is 0 Å². The van der Waals surface area contributed by atoms with Gasteiger partial charge in [-0.25, -0.2) is 18.4 Å². The minimum atomic E-state index is -3.33. The van der Waals surface area contributed by atoms with Gasteiger partial charge >= 0.3 is 0 Å². The fourth-order valence-electron chi connectivity index (χ4n) is 3.53. The van der Waals surface area contributed by atoms with Crippen LogP contribution in [-0.4, -0.2) is 47.6 Å². The molecule has 158 valence electrons. The number of aromatic amines is 1. The van der Waals surface area contributed by atoms with Crippen LogP contribution < -0.4 is 10.6 Å². The number of aromatic nitrogens is 3. The fourth-order valence-corrected chi connectivity index (χ4v) is 4.59. The molecule has 0 bridgehead atoms. The number of carbonyl (C=O) groups is 1. The fraction of sp³-hybridized carbons (Fsp3) is 0.381. The molecule has 4 rings (SSSR count). The summed E-state index contributed by atoms with van der Waals surface area (Å²) in [7, 11) is -3.33. The van der Waals surface area contributed by atoms with Gasteiger partial charge in [0.2, 0.25) is 5.91 Å². The molecule has 0 saturated carbocycles. The number of carbonyl (C=O) groups excluding carboxylic acids is 1. The number of nitrogens with one attached hydrogen (secondary N) is 3. The standard InChI is InChI=1S/C21H25N5O3S/c1-13(2)30(28,29)16-5-3-14(4-6-16)17-11-23-20-19(25-17)18(12-24-20)26-21(27)15-7-9-22-10-8-15/h3-6,11-13,15,22H,7-10H2,1-2H3,(H,23,24)(H,26,27). The number of H-pyrrole nitrogens is 1. The second-order valence-electron chi connectivity index (χ2n) is 7.79. The van der Waals surface area contributed by atoms with Crippen molar-refractivity contribution >= 4 is 32.6 Å². The lowest BCUT2D eigenvalue weighted by atomic mass is 9.97. The summed E-state index contributed by atoms with van der Waals surface area (Å²) >= 11 is 0. The maximum atomic E-state index is 12.6. The van der Waals surface area contributed by atoms with E-state index >= 15 is 0 Å². The van der Waals surface area contributed by atoms with Gasteiger partial charge in [0, 0.05) is 17.7 Å². The second-order valence-corrected chi connectivity index (χ2v) is 10.3. The summed E-state index contributed by atoms with van der Waals surface area (Å²) in [5, 5.41) is 5.75. The highest BCUT2D eigenvalue weighted by Crippen LogP contribution is 2.26. The Morgan fingerprint density at radius 3 is 2.53 bits per heavy atom. The zero-order valence-electron chi connectivity index (χ0n) is 17.0. The molecule has 3 N–H and O–H groups in total. The molecule has 0 spiro atoms. The molecule has 9 heteroatoms. The largest absolute Gasteiger partial charge is 0.343 e. The maximum Gasteiger partial charge on any atom is 0.227 e. The van der Waals surface area contributed by atoms with E-state index in [0.29, 0.717) is 22.5 Å². The molecule has 1 aliphatic heterocycles.